The summed E-state index contributed by atoms with van der Waals surface area (Å²) < 4.78 is 0. The first-order chi connectivity index (χ1) is 12.1. The van der Waals surface area contributed by atoms with Gasteiger partial charge in [0.1, 0.15) is 0 Å². The van der Waals surface area contributed by atoms with E-state index in [0.29, 0.717) is 23.7 Å². The molecule has 2 amide bonds. The third-order valence-electron chi connectivity index (χ3n) is 6.68. The standard InChI is InChI=1S/C21H36N2O2/c1-17-6-5-9-19(14-17)16-21(25)23-12-10-22(11-13-23)20(24)15-18-7-3-2-4-8-18/h17-19H,2-16H2,1H3/t17-,19-/m0/s1. The van der Waals surface area contributed by atoms with Gasteiger partial charge in [0.15, 0.2) is 0 Å². The van der Waals surface area contributed by atoms with E-state index < -0.39 is 0 Å². The van der Waals surface area contributed by atoms with Gasteiger partial charge in [-0.3, -0.25) is 9.59 Å². The summed E-state index contributed by atoms with van der Waals surface area (Å²) in [7, 11) is 0. The Hall–Kier alpha value is -1.06. The normalized spacial score (nSPS) is 28.8. The molecule has 3 aliphatic rings. The van der Waals surface area contributed by atoms with Gasteiger partial charge in [-0.25, -0.2) is 0 Å². The lowest BCUT2D eigenvalue weighted by Gasteiger charge is -2.37. The van der Waals surface area contributed by atoms with Gasteiger partial charge >= 0.3 is 0 Å². The van der Waals surface area contributed by atoms with Crippen LogP contribution in [0, 0.1) is 17.8 Å². The zero-order chi connectivity index (χ0) is 17.6. The van der Waals surface area contributed by atoms with Crippen LogP contribution in [-0.2, 0) is 9.59 Å². The van der Waals surface area contributed by atoms with Crippen LogP contribution in [0.1, 0.15) is 77.6 Å². The molecule has 0 bridgehead atoms. The minimum absolute atomic E-state index is 0.318. The van der Waals surface area contributed by atoms with Gasteiger partial charge in [0.2, 0.25) is 11.8 Å². The van der Waals surface area contributed by atoms with Crippen LogP contribution in [0.15, 0.2) is 0 Å². The maximum Gasteiger partial charge on any atom is 0.222 e. The van der Waals surface area contributed by atoms with Gasteiger partial charge in [0, 0.05) is 39.0 Å². The molecule has 2 aliphatic carbocycles. The highest BCUT2D eigenvalue weighted by molar-refractivity contribution is 5.78. The molecule has 4 heteroatoms. The average Bonchev–Trinajstić information content (AvgIpc) is 2.62. The molecule has 3 rings (SSSR count). The Morgan fingerprint density at radius 3 is 1.80 bits per heavy atom. The minimum atomic E-state index is 0.318. The molecule has 1 heterocycles. The van der Waals surface area contributed by atoms with Crippen molar-refractivity contribution in [2.75, 3.05) is 26.2 Å². The van der Waals surface area contributed by atoms with Crippen LogP contribution in [0.5, 0.6) is 0 Å². The molecule has 4 nitrogen and oxygen atoms in total. The monoisotopic (exact) mass is 348 g/mol. The van der Waals surface area contributed by atoms with E-state index in [-0.39, 0.29) is 0 Å². The Morgan fingerprint density at radius 2 is 1.24 bits per heavy atom. The van der Waals surface area contributed by atoms with Crippen molar-refractivity contribution in [2.45, 2.75) is 77.6 Å². The van der Waals surface area contributed by atoms with Crippen molar-refractivity contribution in [3.05, 3.63) is 0 Å². The maximum atomic E-state index is 12.6. The summed E-state index contributed by atoms with van der Waals surface area (Å²) in [4.78, 5) is 29.1. The third kappa shape index (κ3) is 5.46. The first-order valence-corrected chi connectivity index (χ1v) is 10.7. The lowest BCUT2D eigenvalue weighted by atomic mass is 9.80. The zero-order valence-corrected chi connectivity index (χ0v) is 16.0. The fourth-order valence-electron chi connectivity index (χ4n) is 5.09. The molecule has 1 aliphatic heterocycles. The summed E-state index contributed by atoms with van der Waals surface area (Å²) in [5, 5.41) is 0. The quantitative estimate of drug-likeness (QED) is 0.774. The lowest BCUT2D eigenvalue weighted by Crippen LogP contribution is -2.51. The first kappa shape index (κ1) is 18.7. The molecule has 0 radical (unpaired) electrons. The Labute approximate surface area is 153 Å². The second kappa shape index (κ2) is 9.05. The number of rotatable bonds is 4. The molecular weight excluding hydrogens is 312 g/mol. The molecule has 0 unspecified atom stereocenters. The number of nitrogens with zero attached hydrogens (tertiary/aromatic N) is 2. The van der Waals surface area contributed by atoms with Gasteiger partial charge < -0.3 is 9.80 Å². The Kier molecular flexibility index (Phi) is 6.77. The van der Waals surface area contributed by atoms with E-state index in [0.717, 1.165) is 44.9 Å². The number of amides is 2. The highest BCUT2D eigenvalue weighted by atomic mass is 16.2. The van der Waals surface area contributed by atoms with Gasteiger partial charge in [-0.1, -0.05) is 39.0 Å². The highest BCUT2D eigenvalue weighted by Gasteiger charge is 2.28. The zero-order valence-electron chi connectivity index (χ0n) is 16.0. The molecular formula is C21H36N2O2. The number of hydrogen-bond acceptors (Lipinski definition) is 2. The summed E-state index contributed by atoms with van der Waals surface area (Å²) >= 11 is 0. The topological polar surface area (TPSA) is 40.6 Å². The van der Waals surface area contributed by atoms with Gasteiger partial charge in [-0.2, -0.15) is 0 Å². The summed E-state index contributed by atoms with van der Waals surface area (Å²) in [5.41, 5.74) is 0. The lowest BCUT2D eigenvalue weighted by molar-refractivity contribution is -0.141. The van der Waals surface area contributed by atoms with Crippen LogP contribution < -0.4 is 0 Å². The van der Waals surface area contributed by atoms with E-state index in [9.17, 15) is 9.59 Å². The van der Waals surface area contributed by atoms with Crippen molar-refractivity contribution >= 4 is 11.8 Å². The number of carbonyl (C=O) groups is 2. The number of carbonyl (C=O) groups excluding carboxylic acids is 2. The van der Waals surface area contributed by atoms with Crippen LogP contribution >= 0.6 is 0 Å². The van der Waals surface area contributed by atoms with Crippen molar-refractivity contribution in [3.8, 4) is 0 Å². The minimum Gasteiger partial charge on any atom is -0.339 e. The number of piperazine rings is 1. The fourth-order valence-corrected chi connectivity index (χ4v) is 5.09. The van der Waals surface area contributed by atoms with Crippen LogP contribution in [0.25, 0.3) is 0 Å². The maximum absolute atomic E-state index is 12.6. The van der Waals surface area contributed by atoms with E-state index >= 15 is 0 Å². The second-order valence-electron chi connectivity index (χ2n) is 8.81. The molecule has 0 aromatic rings. The first-order valence-electron chi connectivity index (χ1n) is 10.7. The summed E-state index contributed by atoms with van der Waals surface area (Å²) in [6, 6.07) is 0. The van der Waals surface area contributed by atoms with Gasteiger partial charge in [0.05, 0.1) is 0 Å². The summed E-state index contributed by atoms with van der Waals surface area (Å²) in [6.07, 6.45) is 12.9. The van der Waals surface area contributed by atoms with Gasteiger partial charge in [-0.15, -0.1) is 0 Å². The summed E-state index contributed by atoms with van der Waals surface area (Å²) in [5.74, 6) is 2.61. The molecule has 0 spiro atoms. The van der Waals surface area contributed by atoms with E-state index in [2.05, 4.69) is 6.92 Å². The molecule has 0 N–H and O–H groups in total. The molecule has 1 saturated heterocycles. The Morgan fingerprint density at radius 1 is 0.720 bits per heavy atom. The molecule has 2 saturated carbocycles. The molecule has 0 aromatic heterocycles. The smallest absolute Gasteiger partial charge is 0.222 e. The third-order valence-corrected chi connectivity index (χ3v) is 6.68. The van der Waals surface area contributed by atoms with Gasteiger partial charge in [-0.05, 0) is 43.4 Å². The predicted octanol–water partition coefficient (Wildman–Crippen LogP) is 3.84. The highest BCUT2D eigenvalue weighted by Crippen LogP contribution is 2.31. The van der Waals surface area contributed by atoms with E-state index in [1.54, 1.807) is 0 Å². The molecule has 2 atom stereocenters. The van der Waals surface area contributed by atoms with Crippen molar-refractivity contribution in [2.24, 2.45) is 17.8 Å². The van der Waals surface area contributed by atoms with E-state index in [4.69, 9.17) is 0 Å². The predicted molar refractivity (Wildman–Crippen MR) is 100 cm³/mol. The number of hydrogen-bond donors (Lipinski definition) is 0. The molecule has 142 valence electrons. The molecule has 25 heavy (non-hydrogen) atoms. The van der Waals surface area contributed by atoms with E-state index in [1.165, 1.54) is 57.8 Å². The van der Waals surface area contributed by atoms with Crippen molar-refractivity contribution in [1.29, 1.82) is 0 Å². The van der Waals surface area contributed by atoms with Crippen LogP contribution in [0.4, 0.5) is 0 Å². The van der Waals surface area contributed by atoms with Crippen LogP contribution in [0.2, 0.25) is 0 Å². The Bertz CT molecular complexity index is 451. The second-order valence-corrected chi connectivity index (χ2v) is 8.81. The summed E-state index contributed by atoms with van der Waals surface area (Å²) in [6.45, 7) is 5.25. The van der Waals surface area contributed by atoms with Crippen molar-refractivity contribution in [1.82, 2.24) is 9.80 Å². The van der Waals surface area contributed by atoms with Crippen molar-refractivity contribution in [3.63, 3.8) is 0 Å². The van der Waals surface area contributed by atoms with Crippen LogP contribution in [0.3, 0.4) is 0 Å². The largest absolute Gasteiger partial charge is 0.339 e. The average molecular weight is 349 g/mol. The van der Waals surface area contributed by atoms with Gasteiger partial charge in [0.25, 0.3) is 0 Å². The SMILES string of the molecule is C[C@H]1CCC[C@H](CC(=O)N2CCN(C(=O)CC3CCCCC3)CC2)C1. The Balaban J connectivity index is 1.38. The van der Waals surface area contributed by atoms with E-state index in [1.807, 2.05) is 9.80 Å². The van der Waals surface area contributed by atoms with Crippen molar-refractivity contribution < 1.29 is 9.59 Å². The molecule has 3 fully saturated rings. The fraction of sp³-hybridized carbons (Fsp3) is 0.905. The molecule has 0 aromatic carbocycles. The van der Waals surface area contributed by atoms with Crippen LogP contribution in [-0.4, -0.2) is 47.8 Å².